The number of amides is 1. The molecule has 2 heterocycles. The van der Waals surface area contributed by atoms with Gasteiger partial charge in [-0.05, 0) is 50.3 Å². The summed E-state index contributed by atoms with van der Waals surface area (Å²) in [5, 5.41) is 3.19. The molecule has 0 N–H and O–H groups in total. The van der Waals surface area contributed by atoms with E-state index in [1.165, 1.54) is 5.56 Å². The third-order valence-electron chi connectivity index (χ3n) is 4.77. The van der Waals surface area contributed by atoms with Crippen LogP contribution in [0.2, 0.25) is 0 Å². The lowest BCUT2D eigenvalue weighted by molar-refractivity contribution is -0.122. The first kappa shape index (κ1) is 14.6. The zero-order chi connectivity index (χ0) is 15.8. The molecule has 1 atom stereocenters. The van der Waals surface area contributed by atoms with Gasteiger partial charge in [0, 0.05) is 29.1 Å². The number of rotatable bonds is 2. The molecule has 0 fully saturated rings. The van der Waals surface area contributed by atoms with Gasteiger partial charge < -0.3 is 4.90 Å². The summed E-state index contributed by atoms with van der Waals surface area (Å²) in [5.74, 6) is 0.456. The molecule has 0 saturated heterocycles. The number of anilines is 1. The van der Waals surface area contributed by atoms with Crippen molar-refractivity contribution in [3.8, 4) is 11.3 Å². The minimum absolute atomic E-state index is 0.159. The van der Waals surface area contributed by atoms with Crippen LogP contribution in [-0.4, -0.2) is 17.4 Å². The number of thiazole rings is 1. The SMILES string of the molecule is Cc1nc(-c2ccc3c(c2)CCN3C(=O)C2CC=CCC2)cs1. The fourth-order valence-electron chi connectivity index (χ4n) is 3.52. The molecular weight excluding hydrogens is 304 g/mol. The zero-order valence-corrected chi connectivity index (χ0v) is 14.1. The smallest absolute Gasteiger partial charge is 0.230 e. The molecule has 1 amide bonds. The van der Waals surface area contributed by atoms with Crippen molar-refractivity contribution >= 4 is 22.9 Å². The highest BCUT2D eigenvalue weighted by molar-refractivity contribution is 7.09. The van der Waals surface area contributed by atoms with E-state index in [0.717, 1.165) is 54.2 Å². The van der Waals surface area contributed by atoms with Gasteiger partial charge in [-0.2, -0.15) is 0 Å². The predicted octanol–water partition coefficient (Wildman–Crippen LogP) is 4.36. The van der Waals surface area contributed by atoms with E-state index < -0.39 is 0 Å². The van der Waals surface area contributed by atoms with Crippen molar-refractivity contribution in [2.45, 2.75) is 32.6 Å². The highest BCUT2D eigenvalue weighted by Gasteiger charge is 2.30. The number of nitrogens with zero attached hydrogens (tertiary/aromatic N) is 2. The summed E-state index contributed by atoms with van der Waals surface area (Å²) in [4.78, 5) is 19.4. The molecule has 1 aromatic heterocycles. The molecular formula is C19H20N2OS. The molecule has 1 aliphatic heterocycles. The fraction of sp³-hybridized carbons (Fsp3) is 0.368. The summed E-state index contributed by atoms with van der Waals surface area (Å²) in [6.45, 7) is 2.84. The van der Waals surface area contributed by atoms with Crippen molar-refractivity contribution in [3.63, 3.8) is 0 Å². The quantitative estimate of drug-likeness (QED) is 0.769. The van der Waals surface area contributed by atoms with Gasteiger partial charge in [-0.15, -0.1) is 11.3 Å². The summed E-state index contributed by atoms with van der Waals surface area (Å²) in [6, 6.07) is 6.40. The molecule has 0 radical (unpaired) electrons. The van der Waals surface area contributed by atoms with Crippen LogP contribution in [0.4, 0.5) is 5.69 Å². The van der Waals surface area contributed by atoms with Gasteiger partial charge in [-0.25, -0.2) is 4.98 Å². The lowest BCUT2D eigenvalue weighted by Gasteiger charge is -2.24. The van der Waals surface area contributed by atoms with Crippen molar-refractivity contribution < 1.29 is 4.79 Å². The largest absolute Gasteiger partial charge is 0.312 e. The van der Waals surface area contributed by atoms with Gasteiger partial charge in [-0.3, -0.25) is 4.79 Å². The maximum atomic E-state index is 12.8. The standard InChI is InChI=1S/C19H20N2OS/c1-13-20-17(12-23-13)15-7-8-18-16(11-15)9-10-21(18)19(22)14-5-3-2-4-6-14/h2-3,7-8,11-12,14H,4-6,9-10H2,1H3. The third kappa shape index (κ3) is 2.72. The van der Waals surface area contributed by atoms with Gasteiger partial charge in [0.05, 0.1) is 10.7 Å². The Balaban J connectivity index is 1.60. The average Bonchev–Trinajstić information content (AvgIpc) is 3.20. The van der Waals surface area contributed by atoms with Crippen molar-refractivity contribution in [3.05, 3.63) is 46.3 Å². The minimum atomic E-state index is 0.159. The number of carbonyl (C=O) groups excluding carboxylic acids is 1. The van der Waals surface area contributed by atoms with Gasteiger partial charge in [0.2, 0.25) is 5.91 Å². The molecule has 118 valence electrons. The van der Waals surface area contributed by atoms with E-state index in [2.05, 4.69) is 40.7 Å². The molecule has 0 spiro atoms. The fourth-order valence-corrected chi connectivity index (χ4v) is 4.15. The monoisotopic (exact) mass is 324 g/mol. The first-order valence-corrected chi connectivity index (χ1v) is 9.12. The Morgan fingerprint density at radius 1 is 1.35 bits per heavy atom. The zero-order valence-electron chi connectivity index (χ0n) is 13.3. The lowest BCUT2D eigenvalue weighted by Crippen LogP contribution is -2.35. The molecule has 1 aliphatic carbocycles. The van der Waals surface area contributed by atoms with Crippen LogP contribution in [0.5, 0.6) is 0 Å². The number of aryl methyl sites for hydroxylation is 1. The number of fused-ring (bicyclic) bond motifs is 1. The second-order valence-electron chi connectivity index (χ2n) is 6.32. The van der Waals surface area contributed by atoms with Crippen LogP contribution in [0.15, 0.2) is 35.7 Å². The van der Waals surface area contributed by atoms with Gasteiger partial charge in [0.25, 0.3) is 0 Å². The van der Waals surface area contributed by atoms with Crippen LogP contribution < -0.4 is 4.90 Å². The van der Waals surface area contributed by atoms with Crippen LogP contribution >= 0.6 is 11.3 Å². The summed E-state index contributed by atoms with van der Waals surface area (Å²) < 4.78 is 0. The van der Waals surface area contributed by atoms with Gasteiger partial charge in [-0.1, -0.05) is 18.2 Å². The van der Waals surface area contributed by atoms with Gasteiger partial charge >= 0.3 is 0 Å². The van der Waals surface area contributed by atoms with Crippen LogP contribution in [0.3, 0.4) is 0 Å². The Kier molecular flexibility index (Phi) is 3.77. The van der Waals surface area contributed by atoms with E-state index >= 15 is 0 Å². The van der Waals surface area contributed by atoms with Crippen LogP contribution in [0.25, 0.3) is 11.3 Å². The van der Waals surface area contributed by atoms with Crippen molar-refractivity contribution in [2.75, 3.05) is 11.4 Å². The molecule has 4 heteroatoms. The van der Waals surface area contributed by atoms with E-state index in [4.69, 9.17) is 0 Å². The Morgan fingerprint density at radius 3 is 3.00 bits per heavy atom. The Morgan fingerprint density at radius 2 is 2.26 bits per heavy atom. The highest BCUT2D eigenvalue weighted by Crippen LogP contribution is 2.34. The number of hydrogen-bond donors (Lipinski definition) is 0. The molecule has 2 aromatic rings. The summed E-state index contributed by atoms with van der Waals surface area (Å²) in [7, 11) is 0. The first-order chi connectivity index (χ1) is 11.2. The van der Waals surface area contributed by atoms with Crippen molar-refractivity contribution in [1.82, 2.24) is 4.98 Å². The molecule has 23 heavy (non-hydrogen) atoms. The first-order valence-electron chi connectivity index (χ1n) is 8.24. The maximum Gasteiger partial charge on any atom is 0.230 e. The normalized spacial score (nSPS) is 19.9. The van der Waals surface area contributed by atoms with Crippen LogP contribution in [0, 0.1) is 12.8 Å². The molecule has 1 aromatic carbocycles. The number of carbonyl (C=O) groups is 1. The predicted molar refractivity (Wildman–Crippen MR) is 94.8 cm³/mol. The number of allylic oxidation sites excluding steroid dienone is 2. The molecule has 0 saturated carbocycles. The van der Waals surface area contributed by atoms with E-state index in [1.807, 2.05) is 11.8 Å². The molecule has 3 nitrogen and oxygen atoms in total. The lowest BCUT2D eigenvalue weighted by atomic mass is 9.93. The molecule has 1 unspecified atom stereocenters. The Bertz CT molecular complexity index is 777. The number of hydrogen-bond acceptors (Lipinski definition) is 3. The van der Waals surface area contributed by atoms with Crippen molar-refractivity contribution in [2.24, 2.45) is 5.92 Å². The van der Waals surface area contributed by atoms with Gasteiger partial charge in [0.15, 0.2) is 0 Å². The van der Waals surface area contributed by atoms with Crippen molar-refractivity contribution in [1.29, 1.82) is 0 Å². The summed E-state index contributed by atoms with van der Waals surface area (Å²) >= 11 is 1.67. The van der Waals surface area contributed by atoms with E-state index in [1.54, 1.807) is 11.3 Å². The average molecular weight is 324 g/mol. The second-order valence-corrected chi connectivity index (χ2v) is 7.38. The van der Waals surface area contributed by atoms with Crippen LogP contribution in [0.1, 0.15) is 29.8 Å². The van der Waals surface area contributed by atoms with E-state index in [-0.39, 0.29) is 5.92 Å². The number of aromatic nitrogens is 1. The molecule has 4 rings (SSSR count). The maximum absolute atomic E-state index is 12.8. The summed E-state index contributed by atoms with van der Waals surface area (Å²) in [6.07, 6.45) is 8.18. The van der Waals surface area contributed by atoms with E-state index in [0.29, 0.717) is 5.91 Å². The second kappa shape index (κ2) is 5.93. The van der Waals surface area contributed by atoms with Gasteiger partial charge in [0.1, 0.15) is 0 Å². The Hall–Kier alpha value is -1.94. The molecule has 0 bridgehead atoms. The highest BCUT2D eigenvalue weighted by atomic mass is 32.1. The number of benzene rings is 1. The Labute approximate surface area is 140 Å². The molecule has 2 aliphatic rings. The van der Waals surface area contributed by atoms with E-state index in [9.17, 15) is 4.79 Å². The topological polar surface area (TPSA) is 33.2 Å². The summed E-state index contributed by atoms with van der Waals surface area (Å²) in [5.41, 5.74) is 4.56. The van der Waals surface area contributed by atoms with Crippen LogP contribution in [-0.2, 0) is 11.2 Å². The minimum Gasteiger partial charge on any atom is -0.312 e. The third-order valence-corrected chi connectivity index (χ3v) is 5.55.